The highest BCUT2D eigenvalue weighted by Crippen LogP contribution is 2.15. The van der Waals surface area contributed by atoms with Crippen LogP contribution in [0.25, 0.3) is 0 Å². The lowest BCUT2D eigenvalue weighted by molar-refractivity contribution is 0.530. The number of hydrogen-bond donors (Lipinski definition) is 1. The zero-order valence-electron chi connectivity index (χ0n) is 9.20. The van der Waals surface area contributed by atoms with Crippen molar-refractivity contribution < 1.29 is 13.2 Å². The van der Waals surface area contributed by atoms with Crippen LogP contribution in [0.15, 0.2) is 41.2 Å². The molecule has 1 heterocycles. The van der Waals surface area contributed by atoms with Gasteiger partial charge in [-0.1, -0.05) is 6.07 Å². The maximum atomic E-state index is 13.4. The minimum Gasteiger partial charge on any atom is -0.472 e. The molecule has 2 rings (SSSR count). The molecule has 17 heavy (non-hydrogen) atoms. The summed E-state index contributed by atoms with van der Waals surface area (Å²) >= 11 is 0. The average Bonchev–Trinajstić information content (AvgIpc) is 2.76. The fourth-order valence-corrected chi connectivity index (χ4v) is 1.77. The lowest BCUT2D eigenvalue weighted by Gasteiger charge is -2.11. The summed E-state index contributed by atoms with van der Waals surface area (Å²) < 4.78 is 31.7. The van der Waals surface area contributed by atoms with Gasteiger partial charge in [0.1, 0.15) is 11.6 Å². The van der Waals surface area contributed by atoms with Crippen molar-refractivity contribution in [3.05, 3.63) is 59.6 Å². The molecule has 1 atom stereocenters. The first-order valence-corrected chi connectivity index (χ1v) is 5.36. The molecule has 0 fully saturated rings. The van der Waals surface area contributed by atoms with Gasteiger partial charge in [0.2, 0.25) is 0 Å². The Balaban J connectivity index is 2.05. The van der Waals surface area contributed by atoms with Crippen LogP contribution in [0.1, 0.15) is 11.1 Å². The van der Waals surface area contributed by atoms with E-state index in [1.807, 2.05) is 0 Å². The Labute approximate surface area is 98.0 Å². The Morgan fingerprint density at radius 2 is 1.82 bits per heavy atom. The molecule has 0 saturated heterocycles. The van der Waals surface area contributed by atoms with Crippen molar-refractivity contribution in [1.82, 2.24) is 0 Å². The van der Waals surface area contributed by atoms with Gasteiger partial charge in [0.25, 0.3) is 0 Å². The summed E-state index contributed by atoms with van der Waals surface area (Å²) in [5.74, 6) is -1.10. The molecular weight excluding hydrogens is 224 g/mol. The summed E-state index contributed by atoms with van der Waals surface area (Å²) in [7, 11) is 0. The number of benzene rings is 1. The molecule has 4 heteroatoms. The van der Waals surface area contributed by atoms with Crippen molar-refractivity contribution in [2.75, 3.05) is 0 Å². The summed E-state index contributed by atoms with van der Waals surface area (Å²) in [4.78, 5) is 0. The van der Waals surface area contributed by atoms with Crippen molar-refractivity contribution >= 4 is 0 Å². The molecule has 2 N–H and O–H groups in total. The van der Waals surface area contributed by atoms with Crippen molar-refractivity contribution in [1.29, 1.82) is 0 Å². The van der Waals surface area contributed by atoms with E-state index in [-0.39, 0.29) is 18.0 Å². The van der Waals surface area contributed by atoms with Gasteiger partial charge in [-0.05, 0) is 36.6 Å². The second kappa shape index (κ2) is 5.10. The fourth-order valence-electron chi connectivity index (χ4n) is 1.77. The predicted molar refractivity (Wildman–Crippen MR) is 60.4 cm³/mol. The molecular formula is C13H13F2NO. The first-order valence-electron chi connectivity index (χ1n) is 5.36. The first-order chi connectivity index (χ1) is 8.16. The van der Waals surface area contributed by atoms with E-state index < -0.39 is 11.6 Å². The summed E-state index contributed by atoms with van der Waals surface area (Å²) in [5, 5.41) is 0. The Bertz CT molecular complexity index is 462. The second-order valence-electron chi connectivity index (χ2n) is 4.00. The minimum absolute atomic E-state index is 0.0449. The highest BCUT2D eigenvalue weighted by atomic mass is 19.1. The van der Waals surface area contributed by atoms with Crippen molar-refractivity contribution in [3.63, 3.8) is 0 Å². The van der Waals surface area contributed by atoms with Gasteiger partial charge in [-0.2, -0.15) is 0 Å². The van der Waals surface area contributed by atoms with Crippen LogP contribution in [-0.4, -0.2) is 6.04 Å². The van der Waals surface area contributed by atoms with Crippen molar-refractivity contribution in [2.24, 2.45) is 5.73 Å². The second-order valence-corrected chi connectivity index (χ2v) is 4.00. The Morgan fingerprint density at radius 3 is 2.41 bits per heavy atom. The van der Waals surface area contributed by atoms with Crippen LogP contribution in [-0.2, 0) is 12.8 Å². The normalized spacial score (nSPS) is 12.6. The lowest BCUT2D eigenvalue weighted by Crippen LogP contribution is -2.26. The van der Waals surface area contributed by atoms with E-state index >= 15 is 0 Å². The largest absolute Gasteiger partial charge is 0.472 e. The minimum atomic E-state index is -0.548. The van der Waals surface area contributed by atoms with Gasteiger partial charge in [-0.3, -0.25) is 0 Å². The van der Waals surface area contributed by atoms with Gasteiger partial charge >= 0.3 is 0 Å². The van der Waals surface area contributed by atoms with Crippen LogP contribution in [0.5, 0.6) is 0 Å². The molecule has 0 amide bonds. The number of nitrogens with two attached hydrogens (primary N) is 1. The zero-order chi connectivity index (χ0) is 12.3. The van der Waals surface area contributed by atoms with Crippen LogP contribution in [0.4, 0.5) is 8.78 Å². The maximum absolute atomic E-state index is 13.4. The number of hydrogen-bond acceptors (Lipinski definition) is 2. The third-order valence-electron chi connectivity index (χ3n) is 2.61. The molecule has 0 spiro atoms. The highest BCUT2D eigenvalue weighted by molar-refractivity contribution is 5.21. The standard InChI is InChI=1S/C13H13F2NO/c14-12-2-1-3-13(15)11(12)7-10(16)6-9-4-5-17-8-9/h1-5,8,10H,6-7,16H2. The van der Waals surface area contributed by atoms with Crippen molar-refractivity contribution in [2.45, 2.75) is 18.9 Å². The molecule has 1 aromatic carbocycles. The number of furan rings is 1. The molecule has 0 aliphatic rings. The van der Waals surface area contributed by atoms with Crippen LogP contribution in [0.2, 0.25) is 0 Å². The Kier molecular flexibility index (Phi) is 3.54. The van der Waals surface area contributed by atoms with E-state index in [0.717, 1.165) is 5.56 Å². The summed E-state index contributed by atoms with van der Waals surface area (Å²) in [6, 6.07) is 5.28. The number of halogens is 2. The molecule has 0 radical (unpaired) electrons. The van der Waals surface area contributed by atoms with Gasteiger partial charge < -0.3 is 10.2 Å². The van der Waals surface area contributed by atoms with E-state index in [4.69, 9.17) is 10.2 Å². The summed E-state index contributed by atoms with van der Waals surface area (Å²) in [6.07, 6.45) is 3.83. The quantitative estimate of drug-likeness (QED) is 0.887. The Morgan fingerprint density at radius 1 is 1.12 bits per heavy atom. The summed E-state index contributed by atoms with van der Waals surface area (Å²) in [6.45, 7) is 0. The fraction of sp³-hybridized carbons (Fsp3) is 0.231. The van der Waals surface area contributed by atoms with Crippen LogP contribution in [0, 0.1) is 11.6 Å². The van der Waals surface area contributed by atoms with Crippen molar-refractivity contribution in [3.8, 4) is 0 Å². The lowest BCUT2D eigenvalue weighted by atomic mass is 10.0. The smallest absolute Gasteiger partial charge is 0.129 e. The third kappa shape index (κ3) is 2.91. The molecule has 2 aromatic rings. The van der Waals surface area contributed by atoms with E-state index in [0.29, 0.717) is 6.42 Å². The average molecular weight is 237 g/mol. The van der Waals surface area contributed by atoms with Gasteiger partial charge in [0.05, 0.1) is 12.5 Å². The first kappa shape index (κ1) is 11.8. The highest BCUT2D eigenvalue weighted by Gasteiger charge is 2.13. The van der Waals surface area contributed by atoms with E-state index in [1.165, 1.54) is 18.2 Å². The molecule has 2 nitrogen and oxygen atoms in total. The Hall–Kier alpha value is -1.68. The van der Waals surface area contributed by atoms with E-state index in [9.17, 15) is 8.78 Å². The third-order valence-corrected chi connectivity index (χ3v) is 2.61. The van der Waals surface area contributed by atoms with Gasteiger partial charge in [0, 0.05) is 11.6 Å². The monoisotopic (exact) mass is 237 g/mol. The molecule has 1 unspecified atom stereocenters. The summed E-state index contributed by atoms with van der Waals surface area (Å²) in [5.41, 5.74) is 6.83. The van der Waals surface area contributed by atoms with Gasteiger partial charge in [-0.25, -0.2) is 8.78 Å². The molecule has 0 aliphatic carbocycles. The van der Waals surface area contributed by atoms with Gasteiger partial charge in [0.15, 0.2) is 0 Å². The topological polar surface area (TPSA) is 39.2 Å². The molecule has 0 bridgehead atoms. The molecule has 0 aliphatic heterocycles. The van der Waals surface area contributed by atoms with Crippen LogP contribution >= 0.6 is 0 Å². The van der Waals surface area contributed by atoms with Gasteiger partial charge in [-0.15, -0.1) is 0 Å². The van der Waals surface area contributed by atoms with E-state index in [2.05, 4.69) is 0 Å². The van der Waals surface area contributed by atoms with Crippen LogP contribution in [0.3, 0.4) is 0 Å². The van der Waals surface area contributed by atoms with Crippen LogP contribution < -0.4 is 5.73 Å². The molecule has 1 aromatic heterocycles. The number of rotatable bonds is 4. The molecule has 90 valence electrons. The maximum Gasteiger partial charge on any atom is 0.129 e. The van der Waals surface area contributed by atoms with E-state index in [1.54, 1.807) is 18.6 Å². The molecule has 0 saturated carbocycles. The SMILES string of the molecule is NC(Cc1ccoc1)Cc1c(F)cccc1F. The predicted octanol–water partition coefficient (Wildman–Crippen LogP) is 2.67. The zero-order valence-corrected chi connectivity index (χ0v) is 9.20.